The van der Waals surface area contributed by atoms with Crippen LogP contribution in [-0.2, 0) is 15.9 Å². The SMILES string of the molecule is CCCc1cc(N2CCC3(CC2)OCCO3)ncn1. The van der Waals surface area contributed by atoms with E-state index in [1.807, 2.05) is 0 Å². The van der Waals surface area contributed by atoms with Crippen LogP contribution in [0.5, 0.6) is 0 Å². The molecule has 3 heterocycles. The molecule has 1 spiro atoms. The van der Waals surface area contributed by atoms with E-state index in [-0.39, 0.29) is 5.79 Å². The second kappa shape index (κ2) is 5.43. The summed E-state index contributed by atoms with van der Waals surface area (Å²) in [4.78, 5) is 11.0. The van der Waals surface area contributed by atoms with Gasteiger partial charge in [-0.15, -0.1) is 0 Å². The summed E-state index contributed by atoms with van der Waals surface area (Å²) in [7, 11) is 0. The molecule has 2 aliphatic rings. The molecule has 3 rings (SSSR count). The van der Waals surface area contributed by atoms with Crippen LogP contribution in [0, 0.1) is 0 Å². The quantitative estimate of drug-likeness (QED) is 0.832. The lowest BCUT2D eigenvalue weighted by Crippen LogP contribution is -2.45. The highest BCUT2D eigenvalue weighted by molar-refractivity contribution is 5.39. The van der Waals surface area contributed by atoms with Crippen molar-refractivity contribution in [2.45, 2.75) is 38.4 Å². The van der Waals surface area contributed by atoms with Crippen molar-refractivity contribution in [1.29, 1.82) is 0 Å². The Hall–Kier alpha value is -1.20. The van der Waals surface area contributed by atoms with Crippen LogP contribution < -0.4 is 4.90 Å². The molecule has 0 N–H and O–H groups in total. The molecule has 0 unspecified atom stereocenters. The first-order chi connectivity index (χ1) is 9.31. The van der Waals surface area contributed by atoms with Crippen LogP contribution in [-0.4, -0.2) is 42.1 Å². The molecule has 0 saturated carbocycles. The lowest BCUT2D eigenvalue weighted by molar-refractivity contribution is -0.169. The highest BCUT2D eigenvalue weighted by Crippen LogP contribution is 2.32. The lowest BCUT2D eigenvalue weighted by Gasteiger charge is -2.38. The van der Waals surface area contributed by atoms with Crippen LogP contribution in [0.4, 0.5) is 5.82 Å². The molecule has 1 aromatic rings. The van der Waals surface area contributed by atoms with Crippen molar-refractivity contribution < 1.29 is 9.47 Å². The predicted octanol–water partition coefficient (Wildman–Crippen LogP) is 1.77. The van der Waals surface area contributed by atoms with Crippen LogP contribution in [0.1, 0.15) is 31.9 Å². The molecule has 2 aliphatic heterocycles. The Kier molecular flexibility index (Phi) is 3.66. The van der Waals surface area contributed by atoms with Gasteiger partial charge in [0.2, 0.25) is 0 Å². The lowest BCUT2D eigenvalue weighted by atomic mass is 10.0. The minimum absolute atomic E-state index is 0.310. The molecule has 0 bridgehead atoms. The van der Waals surface area contributed by atoms with Gasteiger partial charge in [0.15, 0.2) is 5.79 Å². The molecule has 0 aromatic carbocycles. The van der Waals surface area contributed by atoms with E-state index in [2.05, 4.69) is 27.9 Å². The number of aromatic nitrogens is 2. The van der Waals surface area contributed by atoms with Crippen molar-refractivity contribution in [1.82, 2.24) is 9.97 Å². The average Bonchev–Trinajstić information content (AvgIpc) is 2.89. The average molecular weight is 263 g/mol. The Balaban J connectivity index is 1.66. The topological polar surface area (TPSA) is 47.5 Å². The zero-order valence-corrected chi connectivity index (χ0v) is 11.5. The molecule has 1 aromatic heterocycles. The van der Waals surface area contributed by atoms with Crippen molar-refractivity contribution in [3.63, 3.8) is 0 Å². The number of nitrogens with zero attached hydrogens (tertiary/aromatic N) is 3. The van der Waals surface area contributed by atoms with Crippen molar-refractivity contribution in [3.8, 4) is 0 Å². The zero-order valence-electron chi connectivity index (χ0n) is 11.5. The maximum absolute atomic E-state index is 5.75. The fourth-order valence-electron chi connectivity index (χ4n) is 2.81. The number of aryl methyl sites for hydroxylation is 1. The summed E-state index contributed by atoms with van der Waals surface area (Å²) in [5.74, 6) is 0.724. The summed E-state index contributed by atoms with van der Waals surface area (Å²) in [6, 6.07) is 2.11. The normalized spacial score (nSPS) is 22.1. The summed E-state index contributed by atoms with van der Waals surface area (Å²) in [5.41, 5.74) is 1.13. The van der Waals surface area contributed by atoms with Gasteiger partial charge in [0.25, 0.3) is 0 Å². The molecule has 2 saturated heterocycles. The minimum Gasteiger partial charge on any atom is -0.356 e. The van der Waals surface area contributed by atoms with Crippen LogP contribution >= 0.6 is 0 Å². The Morgan fingerprint density at radius 3 is 2.63 bits per heavy atom. The molecule has 19 heavy (non-hydrogen) atoms. The van der Waals surface area contributed by atoms with E-state index in [1.165, 1.54) is 0 Å². The van der Waals surface area contributed by atoms with Crippen LogP contribution in [0.2, 0.25) is 0 Å². The third kappa shape index (κ3) is 2.72. The standard InChI is InChI=1S/C14H21N3O2/c1-2-3-12-10-13(16-11-15-12)17-6-4-14(5-7-17)18-8-9-19-14/h10-11H,2-9H2,1H3. The van der Waals surface area contributed by atoms with Crippen molar-refractivity contribution in [3.05, 3.63) is 18.1 Å². The van der Waals surface area contributed by atoms with Crippen LogP contribution in [0.3, 0.4) is 0 Å². The number of ether oxygens (including phenoxy) is 2. The van der Waals surface area contributed by atoms with Gasteiger partial charge in [0.05, 0.1) is 13.2 Å². The molecule has 104 valence electrons. The summed E-state index contributed by atoms with van der Waals surface area (Å²) in [6.45, 7) is 5.49. The summed E-state index contributed by atoms with van der Waals surface area (Å²) in [6.07, 6.45) is 5.63. The van der Waals surface area contributed by atoms with Gasteiger partial charge in [0.1, 0.15) is 12.1 Å². The van der Waals surface area contributed by atoms with Crippen molar-refractivity contribution in [2.24, 2.45) is 0 Å². The smallest absolute Gasteiger partial charge is 0.171 e. The molecule has 0 atom stereocenters. The highest BCUT2D eigenvalue weighted by Gasteiger charge is 2.39. The van der Waals surface area contributed by atoms with Gasteiger partial charge in [-0.3, -0.25) is 0 Å². The number of anilines is 1. The third-order valence-corrected chi connectivity index (χ3v) is 3.88. The van der Waals surface area contributed by atoms with E-state index in [0.717, 1.165) is 63.5 Å². The molecule has 0 aliphatic carbocycles. The number of piperidine rings is 1. The van der Waals surface area contributed by atoms with Gasteiger partial charge < -0.3 is 14.4 Å². The second-order valence-corrected chi connectivity index (χ2v) is 5.21. The van der Waals surface area contributed by atoms with E-state index in [9.17, 15) is 0 Å². The van der Waals surface area contributed by atoms with Crippen molar-refractivity contribution >= 4 is 5.82 Å². The van der Waals surface area contributed by atoms with Crippen molar-refractivity contribution in [2.75, 3.05) is 31.2 Å². The Labute approximate surface area is 113 Å². The molecule has 5 heteroatoms. The molecule has 0 amide bonds. The molecular weight excluding hydrogens is 242 g/mol. The van der Waals surface area contributed by atoms with E-state index in [1.54, 1.807) is 6.33 Å². The fraction of sp³-hybridized carbons (Fsp3) is 0.714. The van der Waals surface area contributed by atoms with Crippen LogP contribution in [0.15, 0.2) is 12.4 Å². The molecule has 2 fully saturated rings. The number of hydrogen-bond donors (Lipinski definition) is 0. The first-order valence-corrected chi connectivity index (χ1v) is 7.15. The first-order valence-electron chi connectivity index (χ1n) is 7.15. The van der Waals surface area contributed by atoms with E-state index >= 15 is 0 Å². The zero-order chi connectivity index (χ0) is 13.1. The number of hydrogen-bond acceptors (Lipinski definition) is 5. The predicted molar refractivity (Wildman–Crippen MR) is 72.1 cm³/mol. The van der Waals surface area contributed by atoms with E-state index in [0.29, 0.717) is 0 Å². The Morgan fingerprint density at radius 1 is 1.21 bits per heavy atom. The van der Waals surface area contributed by atoms with Gasteiger partial charge in [-0.05, 0) is 6.42 Å². The minimum atomic E-state index is -0.310. The highest BCUT2D eigenvalue weighted by atomic mass is 16.7. The van der Waals surface area contributed by atoms with E-state index in [4.69, 9.17) is 9.47 Å². The second-order valence-electron chi connectivity index (χ2n) is 5.21. The Morgan fingerprint density at radius 2 is 1.95 bits per heavy atom. The van der Waals surface area contributed by atoms with Gasteiger partial charge in [-0.1, -0.05) is 13.3 Å². The summed E-state index contributed by atoms with van der Waals surface area (Å²) in [5, 5.41) is 0. The molecular formula is C14H21N3O2. The largest absolute Gasteiger partial charge is 0.356 e. The monoisotopic (exact) mass is 263 g/mol. The maximum atomic E-state index is 5.75. The van der Waals surface area contributed by atoms with E-state index < -0.39 is 0 Å². The van der Waals surface area contributed by atoms with Gasteiger partial charge in [-0.2, -0.15) is 0 Å². The third-order valence-electron chi connectivity index (χ3n) is 3.88. The van der Waals surface area contributed by atoms with Gasteiger partial charge >= 0.3 is 0 Å². The maximum Gasteiger partial charge on any atom is 0.171 e. The molecule has 5 nitrogen and oxygen atoms in total. The van der Waals surface area contributed by atoms with Gasteiger partial charge in [-0.25, -0.2) is 9.97 Å². The summed E-state index contributed by atoms with van der Waals surface area (Å²) >= 11 is 0. The number of rotatable bonds is 3. The fourth-order valence-corrected chi connectivity index (χ4v) is 2.81. The molecule has 0 radical (unpaired) electrons. The first kappa shape index (κ1) is 12.8. The van der Waals surface area contributed by atoms with Crippen LogP contribution in [0.25, 0.3) is 0 Å². The Bertz CT molecular complexity index is 422. The van der Waals surface area contributed by atoms with Gasteiger partial charge in [0, 0.05) is 37.7 Å². The summed E-state index contributed by atoms with van der Waals surface area (Å²) < 4.78 is 11.5.